The van der Waals surface area contributed by atoms with Crippen LogP contribution in [0.1, 0.15) is 29.6 Å². The summed E-state index contributed by atoms with van der Waals surface area (Å²) in [6.45, 7) is 4.09. The molecule has 0 bridgehead atoms. The number of aromatic nitrogens is 2. The van der Waals surface area contributed by atoms with Crippen molar-refractivity contribution in [2.24, 2.45) is 0 Å². The molecular formula is C13H17N3S. The molecule has 0 aliphatic heterocycles. The van der Waals surface area contributed by atoms with Crippen LogP contribution in [0, 0.1) is 0 Å². The van der Waals surface area contributed by atoms with Crippen LogP contribution in [0.5, 0.6) is 0 Å². The molecule has 0 fully saturated rings. The summed E-state index contributed by atoms with van der Waals surface area (Å²) in [5.41, 5.74) is 2.36. The summed E-state index contributed by atoms with van der Waals surface area (Å²) in [4.78, 5) is 8.72. The zero-order valence-electron chi connectivity index (χ0n) is 10.0. The molecule has 0 aliphatic carbocycles. The van der Waals surface area contributed by atoms with Gasteiger partial charge in [-0.2, -0.15) is 0 Å². The standard InChI is InChI=1S/C13H17N3S/c1-2-5-14-9-12-10-17-13(16-12)7-11-4-3-6-15-8-11/h3-4,6,8,10,14H,2,5,7,9H2,1H3. The third-order valence-electron chi connectivity index (χ3n) is 2.41. The van der Waals surface area contributed by atoms with Crippen LogP contribution in [0.3, 0.4) is 0 Å². The highest BCUT2D eigenvalue weighted by Gasteiger charge is 2.02. The van der Waals surface area contributed by atoms with Gasteiger partial charge in [0.15, 0.2) is 0 Å². The lowest BCUT2D eigenvalue weighted by Gasteiger charge is -1.98. The maximum atomic E-state index is 4.61. The third-order valence-corrected chi connectivity index (χ3v) is 3.31. The molecule has 2 aromatic rings. The van der Waals surface area contributed by atoms with Gasteiger partial charge >= 0.3 is 0 Å². The van der Waals surface area contributed by atoms with E-state index >= 15 is 0 Å². The first-order valence-electron chi connectivity index (χ1n) is 5.91. The predicted molar refractivity (Wildman–Crippen MR) is 71.2 cm³/mol. The van der Waals surface area contributed by atoms with E-state index < -0.39 is 0 Å². The average molecular weight is 247 g/mol. The monoisotopic (exact) mass is 247 g/mol. The predicted octanol–water partition coefficient (Wildman–Crippen LogP) is 2.63. The van der Waals surface area contributed by atoms with Gasteiger partial charge in [0, 0.05) is 30.7 Å². The van der Waals surface area contributed by atoms with Crippen molar-refractivity contribution in [3.8, 4) is 0 Å². The van der Waals surface area contributed by atoms with Crippen LogP contribution in [0.2, 0.25) is 0 Å². The second-order valence-electron chi connectivity index (χ2n) is 3.95. The number of hydrogen-bond acceptors (Lipinski definition) is 4. The lowest BCUT2D eigenvalue weighted by atomic mass is 10.2. The van der Waals surface area contributed by atoms with Gasteiger partial charge in [-0.3, -0.25) is 4.98 Å². The number of pyridine rings is 1. The minimum atomic E-state index is 0.872. The van der Waals surface area contributed by atoms with Crippen LogP contribution in [0.4, 0.5) is 0 Å². The third kappa shape index (κ3) is 3.91. The molecule has 0 unspecified atom stereocenters. The first kappa shape index (κ1) is 12.2. The zero-order valence-corrected chi connectivity index (χ0v) is 10.8. The van der Waals surface area contributed by atoms with Gasteiger partial charge in [-0.25, -0.2) is 4.98 Å². The van der Waals surface area contributed by atoms with Gasteiger partial charge in [-0.15, -0.1) is 11.3 Å². The average Bonchev–Trinajstić information content (AvgIpc) is 2.79. The van der Waals surface area contributed by atoms with E-state index in [-0.39, 0.29) is 0 Å². The van der Waals surface area contributed by atoms with Gasteiger partial charge < -0.3 is 5.32 Å². The van der Waals surface area contributed by atoms with E-state index in [0.717, 1.165) is 36.6 Å². The van der Waals surface area contributed by atoms with Crippen molar-refractivity contribution in [1.82, 2.24) is 15.3 Å². The molecule has 2 aromatic heterocycles. The van der Waals surface area contributed by atoms with Gasteiger partial charge in [0.25, 0.3) is 0 Å². The minimum Gasteiger partial charge on any atom is -0.311 e. The number of hydrogen-bond donors (Lipinski definition) is 1. The summed E-state index contributed by atoms with van der Waals surface area (Å²) in [6.07, 6.45) is 5.74. The van der Waals surface area contributed by atoms with E-state index in [1.54, 1.807) is 17.5 Å². The molecule has 2 rings (SSSR count). The number of rotatable bonds is 6. The van der Waals surface area contributed by atoms with Crippen LogP contribution in [-0.4, -0.2) is 16.5 Å². The highest BCUT2D eigenvalue weighted by molar-refractivity contribution is 7.09. The Hall–Kier alpha value is -1.26. The Morgan fingerprint density at radius 3 is 3.12 bits per heavy atom. The van der Waals surface area contributed by atoms with Gasteiger partial charge in [-0.05, 0) is 24.6 Å². The lowest BCUT2D eigenvalue weighted by Crippen LogP contribution is -2.13. The van der Waals surface area contributed by atoms with Crippen molar-refractivity contribution >= 4 is 11.3 Å². The quantitative estimate of drug-likeness (QED) is 0.797. The van der Waals surface area contributed by atoms with Gasteiger partial charge in [0.2, 0.25) is 0 Å². The smallest absolute Gasteiger partial charge is 0.0973 e. The molecule has 4 heteroatoms. The Morgan fingerprint density at radius 2 is 2.35 bits per heavy atom. The van der Waals surface area contributed by atoms with E-state index in [1.165, 1.54) is 5.56 Å². The molecule has 0 saturated carbocycles. The molecule has 17 heavy (non-hydrogen) atoms. The first-order valence-corrected chi connectivity index (χ1v) is 6.79. The van der Waals surface area contributed by atoms with Crippen molar-refractivity contribution in [3.63, 3.8) is 0 Å². The molecule has 0 radical (unpaired) electrons. The van der Waals surface area contributed by atoms with E-state index in [2.05, 4.69) is 33.7 Å². The molecule has 3 nitrogen and oxygen atoms in total. The van der Waals surface area contributed by atoms with Crippen LogP contribution < -0.4 is 5.32 Å². The Morgan fingerprint density at radius 1 is 1.41 bits per heavy atom. The Labute approximate surface area is 106 Å². The van der Waals surface area contributed by atoms with Crippen molar-refractivity contribution in [2.75, 3.05) is 6.54 Å². The van der Waals surface area contributed by atoms with E-state index in [9.17, 15) is 0 Å². The SMILES string of the molecule is CCCNCc1csc(Cc2cccnc2)n1. The maximum absolute atomic E-state index is 4.61. The van der Waals surface area contributed by atoms with Crippen LogP contribution in [0.25, 0.3) is 0 Å². The van der Waals surface area contributed by atoms with Crippen LogP contribution in [0.15, 0.2) is 29.9 Å². The van der Waals surface area contributed by atoms with E-state index in [0.29, 0.717) is 0 Å². The van der Waals surface area contributed by atoms with Gasteiger partial charge in [-0.1, -0.05) is 13.0 Å². The summed E-state index contributed by atoms with van der Waals surface area (Å²) in [5.74, 6) is 0. The molecule has 0 saturated heterocycles. The van der Waals surface area contributed by atoms with Crippen LogP contribution >= 0.6 is 11.3 Å². The van der Waals surface area contributed by atoms with E-state index in [1.807, 2.05) is 12.3 Å². The second kappa shape index (κ2) is 6.47. The molecule has 0 aromatic carbocycles. The molecular weight excluding hydrogens is 230 g/mol. The Balaban J connectivity index is 1.90. The highest BCUT2D eigenvalue weighted by Crippen LogP contribution is 2.14. The summed E-state index contributed by atoms with van der Waals surface area (Å²) in [7, 11) is 0. The van der Waals surface area contributed by atoms with Crippen molar-refractivity contribution in [1.29, 1.82) is 0 Å². The summed E-state index contributed by atoms with van der Waals surface area (Å²) < 4.78 is 0. The largest absolute Gasteiger partial charge is 0.311 e. The number of nitrogens with zero attached hydrogens (tertiary/aromatic N) is 2. The summed E-state index contributed by atoms with van der Waals surface area (Å²) in [5, 5.41) is 6.65. The van der Waals surface area contributed by atoms with Crippen molar-refractivity contribution in [2.45, 2.75) is 26.3 Å². The fourth-order valence-electron chi connectivity index (χ4n) is 1.58. The topological polar surface area (TPSA) is 37.8 Å². The number of thiazole rings is 1. The second-order valence-corrected chi connectivity index (χ2v) is 4.89. The minimum absolute atomic E-state index is 0.872. The summed E-state index contributed by atoms with van der Waals surface area (Å²) in [6, 6.07) is 4.05. The molecule has 2 heterocycles. The molecule has 1 N–H and O–H groups in total. The Bertz CT molecular complexity index is 439. The lowest BCUT2D eigenvalue weighted by molar-refractivity contribution is 0.665. The van der Waals surface area contributed by atoms with Crippen molar-refractivity contribution < 1.29 is 0 Å². The van der Waals surface area contributed by atoms with Gasteiger partial charge in [0.05, 0.1) is 10.7 Å². The van der Waals surface area contributed by atoms with Crippen LogP contribution in [-0.2, 0) is 13.0 Å². The fraction of sp³-hybridized carbons (Fsp3) is 0.385. The first-order chi connectivity index (χ1) is 8.38. The molecule has 90 valence electrons. The zero-order chi connectivity index (χ0) is 11.9. The molecule has 0 aliphatic rings. The normalized spacial score (nSPS) is 10.6. The van der Waals surface area contributed by atoms with Crippen molar-refractivity contribution in [3.05, 3.63) is 46.2 Å². The molecule has 0 atom stereocenters. The van der Waals surface area contributed by atoms with Gasteiger partial charge in [0.1, 0.15) is 0 Å². The summed E-state index contributed by atoms with van der Waals surface area (Å²) >= 11 is 1.72. The maximum Gasteiger partial charge on any atom is 0.0973 e. The molecule has 0 spiro atoms. The molecule has 0 amide bonds. The highest BCUT2D eigenvalue weighted by atomic mass is 32.1. The Kier molecular flexibility index (Phi) is 4.64. The van der Waals surface area contributed by atoms with E-state index in [4.69, 9.17) is 0 Å². The fourth-order valence-corrected chi connectivity index (χ4v) is 2.41. The number of nitrogens with one attached hydrogen (secondary N) is 1.